The number of morpholine rings is 1. The third-order valence-corrected chi connectivity index (χ3v) is 4.84. The topological polar surface area (TPSA) is 46.8 Å². The zero-order valence-electron chi connectivity index (χ0n) is 12.6. The minimum Gasteiger partial charge on any atom is -0.375 e. The first kappa shape index (κ1) is 13.9. The summed E-state index contributed by atoms with van der Waals surface area (Å²) in [4.78, 5) is 19.3. The van der Waals surface area contributed by atoms with E-state index in [0.29, 0.717) is 12.1 Å². The molecule has 5 heteroatoms. The molecule has 1 aliphatic carbocycles. The molecule has 1 saturated carbocycles. The number of fused-ring (bicyclic) bond motifs is 2. The molecule has 116 valence electrons. The molecule has 0 spiro atoms. The maximum Gasteiger partial charge on any atom is 0.258 e. The van der Waals surface area contributed by atoms with Crippen molar-refractivity contribution in [1.82, 2.24) is 14.3 Å². The molecule has 2 aromatic heterocycles. The third-order valence-electron chi connectivity index (χ3n) is 4.84. The minimum absolute atomic E-state index is 0.00551. The molecule has 3 heterocycles. The van der Waals surface area contributed by atoms with Gasteiger partial charge in [-0.2, -0.15) is 0 Å². The van der Waals surface area contributed by atoms with E-state index in [9.17, 15) is 4.79 Å². The Bertz CT molecular complexity index is 725. The largest absolute Gasteiger partial charge is 0.375 e. The molecule has 0 unspecified atom stereocenters. The first-order valence-electron chi connectivity index (χ1n) is 8.14. The molecule has 0 radical (unpaired) electrons. The number of aromatic nitrogens is 2. The maximum absolute atomic E-state index is 12.2. The fourth-order valence-electron chi connectivity index (χ4n) is 3.76. The molecular weight excluding hydrogens is 278 g/mol. The van der Waals surface area contributed by atoms with Crippen LogP contribution in [0.5, 0.6) is 0 Å². The van der Waals surface area contributed by atoms with Gasteiger partial charge in [0, 0.05) is 31.4 Å². The van der Waals surface area contributed by atoms with E-state index in [-0.39, 0.29) is 5.56 Å². The van der Waals surface area contributed by atoms with Crippen LogP contribution in [-0.4, -0.2) is 39.6 Å². The van der Waals surface area contributed by atoms with Gasteiger partial charge in [0.25, 0.3) is 5.56 Å². The summed E-state index contributed by atoms with van der Waals surface area (Å²) < 4.78 is 7.51. The number of pyridine rings is 1. The minimum atomic E-state index is -0.00551. The van der Waals surface area contributed by atoms with E-state index >= 15 is 0 Å². The van der Waals surface area contributed by atoms with Gasteiger partial charge in [-0.3, -0.25) is 14.1 Å². The monoisotopic (exact) mass is 299 g/mol. The average Bonchev–Trinajstić information content (AvgIpc) is 2.55. The first-order valence-corrected chi connectivity index (χ1v) is 8.14. The number of hydrogen-bond acceptors (Lipinski definition) is 4. The first-order chi connectivity index (χ1) is 10.8. The predicted octanol–water partition coefficient (Wildman–Crippen LogP) is 1.84. The smallest absolute Gasteiger partial charge is 0.258 e. The summed E-state index contributed by atoms with van der Waals surface area (Å²) in [5.74, 6) is 0. The highest BCUT2D eigenvalue weighted by Gasteiger charge is 2.34. The van der Waals surface area contributed by atoms with Gasteiger partial charge in [-0.1, -0.05) is 18.9 Å². The van der Waals surface area contributed by atoms with Gasteiger partial charge >= 0.3 is 0 Å². The van der Waals surface area contributed by atoms with Crippen molar-refractivity contribution in [3.8, 4) is 0 Å². The highest BCUT2D eigenvalue weighted by molar-refractivity contribution is 5.38. The summed E-state index contributed by atoms with van der Waals surface area (Å²) >= 11 is 0. The molecular formula is C17H21N3O2. The predicted molar refractivity (Wildman–Crippen MR) is 83.9 cm³/mol. The lowest BCUT2D eigenvalue weighted by atomic mass is 9.90. The quantitative estimate of drug-likeness (QED) is 0.849. The normalized spacial score (nSPS) is 26.0. The fourth-order valence-corrected chi connectivity index (χ4v) is 3.76. The Morgan fingerprint density at radius 2 is 2.18 bits per heavy atom. The number of nitrogens with zero attached hydrogens (tertiary/aromatic N) is 3. The molecule has 2 aromatic rings. The van der Waals surface area contributed by atoms with Crippen LogP contribution in [0, 0.1) is 0 Å². The van der Waals surface area contributed by atoms with E-state index in [1.807, 2.05) is 18.2 Å². The molecule has 22 heavy (non-hydrogen) atoms. The fraction of sp³-hybridized carbons (Fsp3) is 0.529. The third kappa shape index (κ3) is 2.55. The highest BCUT2D eigenvalue weighted by atomic mass is 16.5. The molecule has 1 saturated heterocycles. The van der Waals surface area contributed by atoms with Crippen molar-refractivity contribution in [3.63, 3.8) is 0 Å². The van der Waals surface area contributed by atoms with Crippen molar-refractivity contribution in [2.24, 2.45) is 0 Å². The molecule has 0 N–H and O–H groups in total. The van der Waals surface area contributed by atoms with Crippen molar-refractivity contribution >= 4 is 5.65 Å². The van der Waals surface area contributed by atoms with E-state index in [0.717, 1.165) is 37.5 Å². The number of rotatable bonds is 2. The Morgan fingerprint density at radius 1 is 1.27 bits per heavy atom. The molecule has 0 amide bonds. The molecule has 0 aromatic carbocycles. The van der Waals surface area contributed by atoms with Gasteiger partial charge < -0.3 is 4.74 Å². The van der Waals surface area contributed by atoms with E-state index in [1.165, 1.54) is 19.3 Å². The highest BCUT2D eigenvalue weighted by Crippen LogP contribution is 2.29. The molecule has 1 aliphatic heterocycles. The Kier molecular flexibility index (Phi) is 3.68. The van der Waals surface area contributed by atoms with Crippen LogP contribution in [0.1, 0.15) is 31.4 Å². The zero-order valence-corrected chi connectivity index (χ0v) is 12.6. The van der Waals surface area contributed by atoms with Crippen molar-refractivity contribution in [2.45, 2.75) is 44.4 Å². The SMILES string of the molecule is O=c1cc(CN2CCO[C@@H]3CCCC[C@H]32)nc2ccccn12. The van der Waals surface area contributed by atoms with Gasteiger partial charge in [0.1, 0.15) is 5.65 Å². The van der Waals surface area contributed by atoms with Gasteiger partial charge in [-0.05, 0) is 25.0 Å². The summed E-state index contributed by atoms with van der Waals surface area (Å²) in [7, 11) is 0. The van der Waals surface area contributed by atoms with Crippen LogP contribution in [-0.2, 0) is 11.3 Å². The Balaban J connectivity index is 1.61. The van der Waals surface area contributed by atoms with Crippen LogP contribution in [0.2, 0.25) is 0 Å². The second kappa shape index (κ2) is 5.82. The second-order valence-corrected chi connectivity index (χ2v) is 6.25. The van der Waals surface area contributed by atoms with Crippen molar-refractivity contribution < 1.29 is 4.74 Å². The average molecular weight is 299 g/mol. The van der Waals surface area contributed by atoms with Crippen molar-refractivity contribution in [1.29, 1.82) is 0 Å². The molecule has 5 nitrogen and oxygen atoms in total. The van der Waals surface area contributed by atoms with Crippen molar-refractivity contribution in [2.75, 3.05) is 13.2 Å². The molecule has 0 bridgehead atoms. The van der Waals surface area contributed by atoms with Crippen LogP contribution in [0.3, 0.4) is 0 Å². The van der Waals surface area contributed by atoms with Crippen LogP contribution >= 0.6 is 0 Å². The lowest BCUT2D eigenvalue weighted by Crippen LogP contribution is -2.52. The molecule has 2 aliphatic rings. The van der Waals surface area contributed by atoms with Crippen LogP contribution in [0.25, 0.3) is 5.65 Å². The second-order valence-electron chi connectivity index (χ2n) is 6.25. The van der Waals surface area contributed by atoms with Gasteiger partial charge in [-0.15, -0.1) is 0 Å². The maximum atomic E-state index is 12.2. The Hall–Kier alpha value is -1.72. The molecule has 4 rings (SSSR count). The lowest BCUT2D eigenvalue weighted by molar-refractivity contribution is -0.0914. The van der Waals surface area contributed by atoms with Gasteiger partial charge in [0.2, 0.25) is 0 Å². The lowest BCUT2D eigenvalue weighted by Gasteiger charge is -2.43. The summed E-state index contributed by atoms with van der Waals surface area (Å²) in [6.45, 7) is 2.45. The standard InChI is InChI=1S/C17H21N3O2/c21-17-11-13(18-16-7-3-4-8-20(16)17)12-19-9-10-22-15-6-2-1-5-14(15)19/h3-4,7-8,11,14-15H,1-2,5-6,9-10,12H2/t14-,15-/m1/s1. The Labute approximate surface area is 129 Å². The summed E-state index contributed by atoms with van der Waals surface area (Å²) in [6.07, 6.45) is 7.02. The zero-order chi connectivity index (χ0) is 14.9. The van der Waals surface area contributed by atoms with Crippen LogP contribution in [0.15, 0.2) is 35.3 Å². The molecule has 2 fully saturated rings. The number of hydrogen-bond donors (Lipinski definition) is 0. The van der Waals surface area contributed by atoms with E-state index < -0.39 is 0 Å². The van der Waals surface area contributed by atoms with Gasteiger partial charge in [-0.25, -0.2) is 4.98 Å². The Morgan fingerprint density at radius 3 is 3.14 bits per heavy atom. The van der Waals surface area contributed by atoms with E-state index in [2.05, 4.69) is 9.88 Å². The summed E-state index contributed by atoms with van der Waals surface area (Å²) in [6, 6.07) is 7.80. The van der Waals surface area contributed by atoms with Gasteiger partial charge in [0.05, 0.1) is 18.4 Å². The summed E-state index contributed by atoms with van der Waals surface area (Å²) in [5, 5.41) is 0. The van der Waals surface area contributed by atoms with Gasteiger partial charge in [0.15, 0.2) is 0 Å². The number of ether oxygens (including phenoxy) is 1. The van der Waals surface area contributed by atoms with E-state index in [1.54, 1.807) is 16.7 Å². The van der Waals surface area contributed by atoms with Crippen molar-refractivity contribution in [3.05, 3.63) is 46.5 Å². The van der Waals surface area contributed by atoms with E-state index in [4.69, 9.17) is 4.74 Å². The van der Waals surface area contributed by atoms with Crippen LogP contribution < -0.4 is 5.56 Å². The molecule has 2 atom stereocenters. The van der Waals surface area contributed by atoms with Crippen LogP contribution in [0.4, 0.5) is 0 Å². The summed E-state index contributed by atoms with van der Waals surface area (Å²) in [5.41, 5.74) is 1.58.